The van der Waals surface area contributed by atoms with Gasteiger partial charge in [-0.3, -0.25) is 0 Å². The normalized spacial score (nSPS) is 10.6. The lowest BCUT2D eigenvalue weighted by Gasteiger charge is -1.98. The summed E-state index contributed by atoms with van der Waals surface area (Å²) in [5.74, 6) is -0.894. The van der Waals surface area contributed by atoms with Crippen molar-refractivity contribution in [1.82, 2.24) is 0 Å². The second kappa shape index (κ2) is 3.18. The fraction of sp³-hybridized carbons (Fsp3) is 0. The summed E-state index contributed by atoms with van der Waals surface area (Å²) in [6.45, 7) is 0. The van der Waals surface area contributed by atoms with Gasteiger partial charge in [0.05, 0.1) is 15.2 Å². The lowest BCUT2D eigenvalue weighted by Crippen LogP contribution is -1.93. The summed E-state index contributed by atoms with van der Waals surface area (Å²) < 4.78 is 0.700. The van der Waals surface area contributed by atoms with Crippen molar-refractivity contribution in [3.8, 4) is 5.75 Å². The van der Waals surface area contributed by atoms with Gasteiger partial charge in [0.25, 0.3) is 0 Å². The van der Waals surface area contributed by atoms with E-state index in [0.29, 0.717) is 15.0 Å². The van der Waals surface area contributed by atoms with Crippen molar-refractivity contribution < 1.29 is 15.0 Å². The van der Waals surface area contributed by atoms with Crippen LogP contribution in [0.3, 0.4) is 0 Å². The Balaban J connectivity index is 2.83. The molecule has 0 saturated heterocycles. The highest BCUT2D eigenvalue weighted by Gasteiger charge is 2.13. The van der Waals surface area contributed by atoms with Gasteiger partial charge in [0.2, 0.25) is 0 Å². The number of aromatic carboxylic acids is 1. The Morgan fingerprint density at radius 1 is 1.43 bits per heavy atom. The number of benzene rings is 1. The van der Waals surface area contributed by atoms with E-state index in [9.17, 15) is 9.90 Å². The predicted molar refractivity (Wildman–Crippen MR) is 57.7 cm³/mol. The Bertz CT molecular complexity index is 516. The highest BCUT2D eigenvalue weighted by atomic mass is 32.1. The molecule has 2 aromatic rings. The summed E-state index contributed by atoms with van der Waals surface area (Å²) in [6, 6.07) is 3.04. The topological polar surface area (TPSA) is 57.5 Å². The zero-order valence-electron chi connectivity index (χ0n) is 6.89. The number of hydrogen-bond acceptors (Lipinski definition) is 4. The SMILES string of the molecule is O=C(O)c1csc2c(S)c(O)ccc12. The molecule has 0 aliphatic rings. The van der Waals surface area contributed by atoms with Crippen molar-refractivity contribution in [2.75, 3.05) is 0 Å². The van der Waals surface area contributed by atoms with Crippen LogP contribution in [0.15, 0.2) is 22.4 Å². The van der Waals surface area contributed by atoms with Gasteiger partial charge >= 0.3 is 5.97 Å². The van der Waals surface area contributed by atoms with Gasteiger partial charge in [0.15, 0.2) is 0 Å². The van der Waals surface area contributed by atoms with Crippen LogP contribution in [0.4, 0.5) is 0 Å². The maximum Gasteiger partial charge on any atom is 0.337 e. The number of thiol groups is 1. The molecular formula is C9H6O3S2. The van der Waals surface area contributed by atoms with Gasteiger partial charge in [-0.1, -0.05) is 0 Å². The Morgan fingerprint density at radius 2 is 2.14 bits per heavy atom. The number of fused-ring (bicyclic) bond motifs is 1. The molecule has 0 saturated carbocycles. The number of carboxylic acid groups (broad SMARTS) is 1. The quantitative estimate of drug-likeness (QED) is 0.655. The molecule has 1 aromatic carbocycles. The Hall–Kier alpha value is -1.20. The second-order valence-electron chi connectivity index (χ2n) is 2.76. The van der Waals surface area contributed by atoms with Crippen molar-refractivity contribution in [3.63, 3.8) is 0 Å². The van der Waals surface area contributed by atoms with Crippen molar-refractivity contribution in [1.29, 1.82) is 0 Å². The van der Waals surface area contributed by atoms with Gasteiger partial charge in [-0.05, 0) is 12.1 Å². The molecule has 0 unspecified atom stereocenters. The number of carboxylic acids is 1. The van der Waals surface area contributed by atoms with Crippen molar-refractivity contribution >= 4 is 40.0 Å². The summed E-state index contributed by atoms with van der Waals surface area (Å²) in [6.07, 6.45) is 0. The monoisotopic (exact) mass is 226 g/mol. The predicted octanol–water partition coefficient (Wildman–Crippen LogP) is 2.59. The van der Waals surface area contributed by atoms with Crippen LogP contribution in [0.2, 0.25) is 0 Å². The first-order valence-electron chi connectivity index (χ1n) is 3.76. The van der Waals surface area contributed by atoms with Gasteiger partial charge in [0, 0.05) is 10.8 Å². The molecule has 0 radical (unpaired) electrons. The molecule has 14 heavy (non-hydrogen) atoms. The van der Waals surface area contributed by atoms with Crippen LogP contribution in [0.5, 0.6) is 5.75 Å². The zero-order valence-corrected chi connectivity index (χ0v) is 8.60. The Labute approximate surface area is 89.0 Å². The summed E-state index contributed by atoms with van der Waals surface area (Å²) >= 11 is 5.38. The van der Waals surface area contributed by atoms with Crippen LogP contribution in [0.25, 0.3) is 10.1 Å². The van der Waals surface area contributed by atoms with E-state index in [1.165, 1.54) is 17.4 Å². The number of aromatic hydroxyl groups is 1. The third-order valence-electron chi connectivity index (χ3n) is 1.93. The van der Waals surface area contributed by atoms with Crippen molar-refractivity contribution in [3.05, 3.63) is 23.1 Å². The summed E-state index contributed by atoms with van der Waals surface area (Å²) in [4.78, 5) is 11.2. The molecule has 0 fully saturated rings. The van der Waals surface area contributed by atoms with E-state index < -0.39 is 5.97 Å². The number of phenolic OH excluding ortho intramolecular Hbond substituents is 1. The average Bonchev–Trinajstić information content (AvgIpc) is 2.55. The van der Waals surface area contributed by atoms with E-state index in [0.717, 1.165) is 0 Å². The fourth-order valence-corrected chi connectivity index (χ4v) is 2.58. The maximum atomic E-state index is 10.8. The molecule has 1 heterocycles. The van der Waals surface area contributed by atoms with E-state index in [2.05, 4.69) is 12.6 Å². The number of carbonyl (C=O) groups is 1. The Kier molecular flexibility index (Phi) is 2.13. The van der Waals surface area contributed by atoms with Crippen LogP contribution < -0.4 is 0 Å². The molecule has 1 aromatic heterocycles. The highest BCUT2D eigenvalue weighted by Crippen LogP contribution is 2.36. The van der Waals surface area contributed by atoms with Gasteiger partial charge in [0.1, 0.15) is 5.75 Å². The van der Waals surface area contributed by atoms with Crippen LogP contribution in [-0.2, 0) is 0 Å². The summed E-state index contributed by atoms with van der Waals surface area (Å²) in [7, 11) is 0. The molecule has 3 nitrogen and oxygen atoms in total. The maximum absolute atomic E-state index is 10.8. The largest absolute Gasteiger partial charge is 0.507 e. The molecule has 0 aliphatic carbocycles. The summed E-state index contributed by atoms with van der Waals surface area (Å²) in [5, 5.41) is 20.4. The van der Waals surface area contributed by atoms with Crippen molar-refractivity contribution in [2.24, 2.45) is 0 Å². The third-order valence-corrected chi connectivity index (χ3v) is 3.54. The lowest BCUT2D eigenvalue weighted by molar-refractivity contribution is 0.0699. The average molecular weight is 226 g/mol. The van der Waals surface area contributed by atoms with Crippen LogP contribution in [-0.4, -0.2) is 16.2 Å². The van der Waals surface area contributed by atoms with Gasteiger partial charge in [-0.15, -0.1) is 24.0 Å². The molecule has 0 aliphatic heterocycles. The van der Waals surface area contributed by atoms with Gasteiger partial charge in [-0.25, -0.2) is 4.79 Å². The molecule has 0 spiro atoms. The minimum absolute atomic E-state index is 0.0691. The molecular weight excluding hydrogens is 220 g/mol. The van der Waals surface area contributed by atoms with E-state index in [1.54, 1.807) is 11.4 Å². The lowest BCUT2D eigenvalue weighted by atomic mass is 10.2. The first-order chi connectivity index (χ1) is 6.61. The third kappa shape index (κ3) is 1.25. The van der Waals surface area contributed by atoms with Gasteiger partial charge < -0.3 is 10.2 Å². The molecule has 0 amide bonds. The molecule has 0 bridgehead atoms. The highest BCUT2D eigenvalue weighted by molar-refractivity contribution is 7.81. The summed E-state index contributed by atoms with van der Waals surface area (Å²) in [5.41, 5.74) is 0.250. The minimum Gasteiger partial charge on any atom is -0.507 e. The molecule has 5 heteroatoms. The van der Waals surface area contributed by atoms with Gasteiger partial charge in [-0.2, -0.15) is 0 Å². The smallest absolute Gasteiger partial charge is 0.337 e. The molecule has 0 atom stereocenters. The molecule has 2 N–H and O–H groups in total. The first-order valence-corrected chi connectivity index (χ1v) is 5.09. The van der Waals surface area contributed by atoms with Crippen LogP contribution in [0, 0.1) is 0 Å². The minimum atomic E-state index is -0.963. The van der Waals surface area contributed by atoms with Crippen molar-refractivity contribution in [2.45, 2.75) is 4.90 Å². The zero-order chi connectivity index (χ0) is 10.3. The number of phenols is 1. The standard InChI is InChI=1S/C9H6O3S2/c10-6-2-1-4-5(9(11)12)3-14-8(4)7(6)13/h1-3,10,13H,(H,11,12). The molecule has 2 rings (SSSR count). The van der Waals surface area contributed by atoms with Crippen LogP contribution >= 0.6 is 24.0 Å². The molecule has 72 valence electrons. The van der Waals surface area contributed by atoms with Crippen LogP contribution in [0.1, 0.15) is 10.4 Å². The second-order valence-corrected chi connectivity index (χ2v) is 4.09. The van der Waals surface area contributed by atoms with E-state index in [-0.39, 0.29) is 11.3 Å². The number of thiophene rings is 1. The van der Waals surface area contributed by atoms with E-state index in [4.69, 9.17) is 5.11 Å². The first kappa shape index (κ1) is 9.36. The Morgan fingerprint density at radius 3 is 2.79 bits per heavy atom. The fourth-order valence-electron chi connectivity index (χ4n) is 1.24. The van der Waals surface area contributed by atoms with E-state index >= 15 is 0 Å². The number of rotatable bonds is 1. The number of hydrogen-bond donors (Lipinski definition) is 3. The van der Waals surface area contributed by atoms with E-state index in [1.807, 2.05) is 0 Å².